The van der Waals surface area contributed by atoms with Crippen LogP contribution in [0.3, 0.4) is 0 Å². The van der Waals surface area contributed by atoms with Crippen LogP contribution in [0.5, 0.6) is 0 Å². The Kier molecular flexibility index (Phi) is 5.82. The SMILES string of the molecule is CCC(CSC)N(C)C(=O)c1cccc([N+](=O)[O-])c1N. The Morgan fingerprint density at radius 1 is 1.55 bits per heavy atom. The quantitative estimate of drug-likeness (QED) is 0.494. The molecule has 110 valence electrons. The van der Waals surface area contributed by atoms with Crippen LogP contribution in [0.15, 0.2) is 18.2 Å². The first-order valence-electron chi connectivity index (χ1n) is 6.23. The Balaban J connectivity index is 3.08. The highest BCUT2D eigenvalue weighted by atomic mass is 32.2. The molecule has 1 amide bonds. The Bertz CT molecular complexity index is 508. The van der Waals surface area contributed by atoms with Gasteiger partial charge in [0.25, 0.3) is 11.6 Å². The van der Waals surface area contributed by atoms with Gasteiger partial charge < -0.3 is 10.6 Å². The molecule has 2 N–H and O–H groups in total. The number of nitro benzene ring substituents is 1. The molecule has 0 radical (unpaired) electrons. The van der Waals surface area contributed by atoms with Crippen LogP contribution in [0.2, 0.25) is 0 Å². The monoisotopic (exact) mass is 297 g/mol. The second-order valence-corrected chi connectivity index (χ2v) is 5.34. The van der Waals surface area contributed by atoms with Crippen LogP contribution >= 0.6 is 11.8 Å². The van der Waals surface area contributed by atoms with Crippen LogP contribution in [-0.2, 0) is 0 Å². The third-order valence-electron chi connectivity index (χ3n) is 3.21. The molecule has 0 aliphatic heterocycles. The first kappa shape index (κ1) is 16.3. The first-order chi connectivity index (χ1) is 9.43. The number of nitrogen functional groups attached to an aromatic ring is 1. The van der Waals surface area contributed by atoms with E-state index in [1.165, 1.54) is 18.2 Å². The summed E-state index contributed by atoms with van der Waals surface area (Å²) in [5.41, 5.74) is 5.62. The van der Waals surface area contributed by atoms with Gasteiger partial charge in [0.15, 0.2) is 0 Å². The molecule has 0 aromatic heterocycles. The Morgan fingerprint density at radius 3 is 2.70 bits per heavy atom. The molecule has 20 heavy (non-hydrogen) atoms. The maximum atomic E-state index is 12.4. The zero-order chi connectivity index (χ0) is 15.3. The molecule has 6 nitrogen and oxygen atoms in total. The van der Waals surface area contributed by atoms with Gasteiger partial charge in [-0.1, -0.05) is 13.0 Å². The van der Waals surface area contributed by atoms with E-state index in [2.05, 4.69) is 0 Å². The summed E-state index contributed by atoms with van der Waals surface area (Å²) in [4.78, 5) is 24.3. The van der Waals surface area contributed by atoms with E-state index < -0.39 is 4.92 Å². The number of thioether (sulfide) groups is 1. The number of rotatable bonds is 6. The number of nitrogens with zero attached hydrogens (tertiary/aromatic N) is 2. The molecule has 0 spiro atoms. The van der Waals surface area contributed by atoms with Crippen LogP contribution in [-0.4, -0.2) is 40.8 Å². The van der Waals surface area contributed by atoms with E-state index in [1.54, 1.807) is 23.7 Å². The molecule has 0 saturated carbocycles. The summed E-state index contributed by atoms with van der Waals surface area (Å²) in [5.74, 6) is 0.528. The molecule has 1 unspecified atom stereocenters. The van der Waals surface area contributed by atoms with E-state index in [0.717, 1.165) is 12.2 Å². The smallest absolute Gasteiger partial charge is 0.292 e. The molecule has 0 aliphatic carbocycles. The number of hydrogen-bond acceptors (Lipinski definition) is 5. The molecule has 0 heterocycles. The fourth-order valence-corrected chi connectivity index (χ4v) is 2.79. The van der Waals surface area contributed by atoms with Gasteiger partial charge in [0, 0.05) is 24.9 Å². The largest absolute Gasteiger partial charge is 0.393 e. The van der Waals surface area contributed by atoms with Crippen LogP contribution in [0.25, 0.3) is 0 Å². The fourth-order valence-electron chi connectivity index (χ4n) is 1.95. The summed E-state index contributed by atoms with van der Waals surface area (Å²) in [6.45, 7) is 2.00. The van der Waals surface area contributed by atoms with E-state index in [1.807, 2.05) is 13.2 Å². The standard InChI is InChI=1S/C13H19N3O3S/c1-4-9(8-20-3)15(2)13(17)10-6-5-7-11(12(10)14)16(18)19/h5-7,9H,4,8,14H2,1-3H3. The number of carbonyl (C=O) groups is 1. The van der Waals surface area contributed by atoms with Crippen LogP contribution in [0, 0.1) is 10.1 Å². The zero-order valence-corrected chi connectivity index (χ0v) is 12.6. The number of carbonyl (C=O) groups excluding carboxylic acids is 1. The molecule has 0 fully saturated rings. The Labute approximate surface area is 122 Å². The molecule has 0 bridgehead atoms. The molecule has 1 rings (SSSR count). The van der Waals surface area contributed by atoms with Crippen LogP contribution < -0.4 is 5.73 Å². The summed E-state index contributed by atoms with van der Waals surface area (Å²) in [6, 6.07) is 4.37. The third kappa shape index (κ3) is 3.41. The predicted molar refractivity (Wildman–Crippen MR) is 82.1 cm³/mol. The minimum atomic E-state index is -0.578. The summed E-state index contributed by atoms with van der Waals surface area (Å²) in [6.07, 6.45) is 2.79. The van der Waals surface area contributed by atoms with Gasteiger partial charge in [-0.3, -0.25) is 14.9 Å². The molecule has 0 saturated heterocycles. The van der Waals surface area contributed by atoms with Gasteiger partial charge in [-0.15, -0.1) is 0 Å². The lowest BCUT2D eigenvalue weighted by molar-refractivity contribution is -0.383. The molecule has 1 aromatic carbocycles. The number of anilines is 1. The minimum Gasteiger partial charge on any atom is -0.393 e. The van der Waals surface area contributed by atoms with E-state index in [9.17, 15) is 14.9 Å². The maximum Gasteiger partial charge on any atom is 0.292 e. The van der Waals surface area contributed by atoms with E-state index in [-0.39, 0.29) is 28.9 Å². The van der Waals surface area contributed by atoms with Crippen molar-refractivity contribution in [2.75, 3.05) is 24.8 Å². The topological polar surface area (TPSA) is 89.5 Å². The fraction of sp³-hybridized carbons (Fsp3) is 0.462. The van der Waals surface area contributed by atoms with Gasteiger partial charge in [-0.2, -0.15) is 11.8 Å². The molecule has 1 atom stereocenters. The maximum absolute atomic E-state index is 12.4. The van der Waals surface area contributed by atoms with E-state index in [4.69, 9.17) is 5.73 Å². The highest BCUT2D eigenvalue weighted by Gasteiger charge is 2.24. The van der Waals surface area contributed by atoms with Crippen molar-refractivity contribution in [1.29, 1.82) is 0 Å². The van der Waals surface area contributed by atoms with Gasteiger partial charge in [0.1, 0.15) is 5.69 Å². The van der Waals surface area contributed by atoms with Gasteiger partial charge in [-0.25, -0.2) is 0 Å². The molecule has 1 aromatic rings. The van der Waals surface area contributed by atoms with E-state index >= 15 is 0 Å². The molecule has 7 heteroatoms. The third-order valence-corrected chi connectivity index (χ3v) is 3.93. The minimum absolute atomic E-state index is 0.0756. The average Bonchev–Trinajstić information content (AvgIpc) is 2.43. The number of nitro groups is 1. The number of nitrogens with two attached hydrogens (primary N) is 1. The zero-order valence-electron chi connectivity index (χ0n) is 11.8. The lowest BCUT2D eigenvalue weighted by atomic mass is 10.1. The molecular formula is C13H19N3O3S. The van der Waals surface area contributed by atoms with Crippen molar-refractivity contribution in [2.24, 2.45) is 0 Å². The highest BCUT2D eigenvalue weighted by molar-refractivity contribution is 7.98. The number of para-hydroxylation sites is 1. The van der Waals surface area contributed by atoms with Crippen molar-refractivity contribution in [3.05, 3.63) is 33.9 Å². The Hall–Kier alpha value is -1.76. The lowest BCUT2D eigenvalue weighted by Gasteiger charge is -2.27. The summed E-state index contributed by atoms with van der Waals surface area (Å²) in [7, 11) is 1.70. The van der Waals surface area contributed by atoms with Gasteiger partial charge in [0.2, 0.25) is 0 Å². The second kappa shape index (κ2) is 7.14. The number of amides is 1. The van der Waals surface area contributed by atoms with Crippen molar-refractivity contribution in [1.82, 2.24) is 4.90 Å². The van der Waals surface area contributed by atoms with Gasteiger partial charge >= 0.3 is 0 Å². The van der Waals surface area contributed by atoms with Crippen molar-refractivity contribution in [3.63, 3.8) is 0 Å². The first-order valence-corrected chi connectivity index (χ1v) is 7.62. The predicted octanol–water partition coefficient (Wildman–Crippen LogP) is 2.39. The van der Waals surface area contributed by atoms with Crippen LogP contribution in [0.1, 0.15) is 23.7 Å². The van der Waals surface area contributed by atoms with Crippen molar-refractivity contribution < 1.29 is 9.72 Å². The van der Waals surface area contributed by atoms with Gasteiger partial charge in [-0.05, 0) is 18.7 Å². The number of hydrogen-bond donors (Lipinski definition) is 1. The molecular weight excluding hydrogens is 278 g/mol. The summed E-state index contributed by atoms with van der Waals surface area (Å²) in [5, 5.41) is 10.9. The highest BCUT2D eigenvalue weighted by Crippen LogP contribution is 2.26. The number of benzene rings is 1. The van der Waals surface area contributed by atoms with Crippen molar-refractivity contribution in [3.8, 4) is 0 Å². The lowest BCUT2D eigenvalue weighted by Crippen LogP contribution is -2.38. The van der Waals surface area contributed by atoms with Gasteiger partial charge in [0.05, 0.1) is 10.5 Å². The van der Waals surface area contributed by atoms with Crippen molar-refractivity contribution in [2.45, 2.75) is 19.4 Å². The summed E-state index contributed by atoms with van der Waals surface area (Å²) < 4.78 is 0. The summed E-state index contributed by atoms with van der Waals surface area (Å²) >= 11 is 1.65. The van der Waals surface area contributed by atoms with Crippen LogP contribution in [0.4, 0.5) is 11.4 Å². The van der Waals surface area contributed by atoms with E-state index in [0.29, 0.717) is 0 Å². The second-order valence-electron chi connectivity index (χ2n) is 4.43. The van der Waals surface area contributed by atoms with Crippen molar-refractivity contribution >= 4 is 29.0 Å². The Morgan fingerprint density at radius 2 is 2.20 bits per heavy atom. The average molecular weight is 297 g/mol. The molecule has 0 aliphatic rings. The normalized spacial score (nSPS) is 11.9.